The van der Waals surface area contributed by atoms with Crippen molar-refractivity contribution in [1.82, 2.24) is 5.32 Å². The van der Waals surface area contributed by atoms with Crippen LogP contribution in [0, 0.1) is 13.8 Å². The summed E-state index contributed by atoms with van der Waals surface area (Å²) >= 11 is 15.4. The van der Waals surface area contributed by atoms with Gasteiger partial charge in [0.05, 0.1) is 5.75 Å². The standard InChI is InChI=1S/C20H23Cl2NOS2/c1-14-7-15(2)9-16(8-14)11-26-13-20(24)23-5-6-25-12-17-3-4-18(21)10-19(17)22/h3-4,7-10H,5-6,11-13H2,1-2H3,(H,23,24). The van der Waals surface area contributed by atoms with Crippen LogP contribution >= 0.6 is 46.7 Å². The molecule has 140 valence electrons. The summed E-state index contributed by atoms with van der Waals surface area (Å²) in [6, 6.07) is 12.1. The highest BCUT2D eigenvalue weighted by atomic mass is 35.5. The Morgan fingerprint density at radius 1 is 1.00 bits per heavy atom. The lowest BCUT2D eigenvalue weighted by Crippen LogP contribution is -2.27. The summed E-state index contributed by atoms with van der Waals surface area (Å²) in [6.45, 7) is 4.87. The van der Waals surface area contributed by atoms with Crippen LogP contribution in [0.3, 0.4) is 0 Å². The van der Waals surface area contributed by atoms with Gasteiger partial charge in [-0.05, 0) is 37.1 Å². The zero-order chi connectivity index (χ0) is 18.9. The van der Waals surface area contributed by atoms with Gasteiger partial charge in [0.1, 0.15) is 0 Å². The summed E-state index contributed by atoms with van der Waals surface area (Å²) in [5.41, 5.74) is 4.87. The van der Waals surface area contributed by atoms with E-state index in [2.05, 4.69) is 37.4 Å². The van der Waals surface area contributed by atoms with Crippen molar-refractivity contribution >= 4 is 52.6 Å². The van der Waals surface area contributed by atoms with Crippen LogP contribution in [0.15, 0.2) is 36.4 Å². The maximum absolute atomic E-state index is 11.9. The summed E-state index contributed by atoms with van der Waals surface area (Å²) in [7, 11) is 0. The second-order valence-corrected chi connectivity index (χ2v) is 9.06. The van der Waals surface area contributed by atoms with E-state index in [9.17, 15) is 4.79 Å². The first kappa shape index (κ1) is 21.5. The second kappa shape index (κ2) is 11.1. The highest BCUT2D eigenvalue weighted by Gasteiger charge is 2.04. The molecular formula is C20H23Cl2NOS2. The maximum Gasteiger partial charge on any atom is 0.230 e. The molecule has 0 unspecified atom stereocenters. The Kier molecular flexibility index (Phi) is 9.20. The average molecular weight is 428 g/mol. The summed E-state index contributed by atoms with van der Waals surface area (Å²) in [5.74, 6) is 3.10. The molecule has 2 aromatic carbocycles. The zero-order valence-electron chi connectivity index (χ0n) is 15.0. The summed E-state index contributed by atoms with van der Waals surface area (Å²) < 4.78 is 0. The Morgan fingerprint density at radius 2 is 1.73 bits per heavy atom. The Morgan fingerprint density at radius 3 is 2.42 bits per heavy atom. The molecule has 0 saturated carbocycles. The van der Waals surface area contributed by atoms with E-state index in [1.807, 2.05) is 12.1 Å². The van der Waals surface area contributed by atoms with Crippen molar-refractivity contribution in [2.45, 2.75) is 25.4 Å². The van der Waals surface area contributed by atoms with Gasteiger partial charge in [0.25, 0.3) is 0 Å². The number of amides is 1. The molecule has 0 aromatic heterocycles. The van der Waals surface area contributed by atoms with Crippen molar-refractivity contribution < 1.29 is 4.79 Å². The minimum Gasteiger partial charge on any atom is -0.355 e. The highest BCUT2D eigenvalue weighted by Crippen LogP contribution is 2.24. The van der Waals surface area contributed by atoms with Crippen LogP contribution in [0.1, 0.15) is 22.3 Å². The van der Waals surface area contributed by atoms with Gasteiger partial charge in [0.2, 0.25) is 5.91 Å². The van der Waals surface area contributed by atoms with Crippen molar-refractivity contribution in [3.8, 4) is 0 Å². The fourth-order valence-corrected chi connectivity index (χ4v) is 4.76. The molecule has 6 heteroatoms. The number of hydrogen-bond acceptors (Lipinski definition) is 3. The average Bonchev–Trinajstić information content (AvgIpc) is 2.55. The number of halogens is 2. The molecule has 2 rings (SSSR count). The first-order valence-electron chi connectivity index (χ1n) is 8.37. The molecule has 2 nitrogen and oxygen atoms in total. The minimum absolute atomic E-state index is 0.0875. The van der Waals surface area contributed by atoms with E-state index in [1.165, 1.54) is 16.7 Å². The molecule has 0 aliphatic heterocycles. The summed E-state index contributed by atoms with van der Waals surface area (Å²) in [5, 5.41) is 4.31. The van der Waals surface area contributed by atoms with Gasteiger partial charge in [-0.2, -0.15) is 11.8 Å². The van der Waals surface area contributed by atoms with Crippen molar-refractivity contribution in [3.05, 3.63) is 68.7 Å². The Labute approximate surface area is 174 Å². The van der Waals surface area contributed by atoms with E-state index < -0.39 is 0 Å². The quantitative estimate of drug-likeness (QED) is 0.505. The van der Waals surface area contributed by atoms with Crippen LogP contribution < -0.4 is 5.32 Å². The predicted molar refractivity (Wildman–Crippen MR) is 118 cm³/mol. The third-order valence-corrected chi connectivity index (χ3v) is 6.22. The predicted octanol–water partition coefficient (Wildman–Crippen LogP) is 5.89. The van der Waals surface area contributed by atoms with Gasteiger partial charge >= 0.3 is 0 Å². The molecular weight excluding hydrogens is 405 g/mol. The molecule has 0 aliphatic rings. The molecule has 2 aromatic rings. The molecule has 0 heterocycles. The van der Waals surface area contributed by atoms with Crippen LogP contribution in [0.2, 0.25) is 10.0 Å². The third kappa shape index (κ3) is 7.83. The first-order valence-corrected chi connectivity index (χ1v) is 11.4. The summed E-state index contributed by atoms with van der Waals surface area (Å²) in [6.07, 6.45) is 0. The van der Waals surface area contributed by atoms with Crippen LogP contribution in [-0.2, 0) is 16.3 Å². The Balaban J connectivity index is 1.58. The van der Waals surface area contributed by atoms with E-state index in [0.29, 0.717) is 22.3 Å². The van der Waals surface area contributed by atoms with E-state index in [4.69, 9.17) is 23.2 Å². The molecule has 1 N–H and O–H groups in total. The topological polar surface area (TPSA) is 29.1 Å². The monoisotopic (exact) mass is 427 g/mol. The Hall–Kier alpha value is -0.810. The van der Waals surface area contributed by atoms with Crippen molar-refractivity contribution in [3.63, 3.8) is 0 Å². The molecule has 1 amide bonds. The Bertz CT molecular complexity index is 732. The number of carbonyl (C=O) groups is 1. The van der Waals surface area contributed by atoms with Crippen LogP contribution in [-0.4, -0.2) is 24.0 Å². The first-order chi connectivity index (χ1) is 12.4. The van der Waals surface area contributed by atoms with E-state index >= 15 is 0 Å². The van der Waals surface area contributed by atoms with E-state index in [1.54, 1.807) is 29.6 Å². The SMILES string of the molecule is Cc1cc(C)cc(CSCC(=O)NCCSCc2ccc(Cl)cc2Cl)c1. The van der Waals surface area contributed by atoms with Gasteiger partial charge in [0, 0.05) is 33.8 Å². The lowest BCUT2D eigenvalue weighted by atomic mass is 10.1. The molecule has 0 bridgehead atoms. The van der Waals surface area contributed by atoms with Gasteiger partial charge in [-0.15, -0.1) is 11.8 Å². The molecule has 0 spiro atoms. The number of benzene rings is 2. The fraction of sp³-hybridized carbons (Fsp3) is 0.350. The zero-order valence-corrected chi connectivity index (χ0v) is 18.1. The van der Waals surface area contributed by atoms with Gasteiger partial charge in [-0.3, -0.25) is 4.79 Å². The number of carbonyl (C=O) groups excluding carboxylic acids is 1. The number of nitrogens with one attached hydrogen (secondary N) is 1. The van der Waals surface area contributed by atoms with Crippen LogP contribution in [0.4, 0.5) is 0 Å². The van der Waals surface area contributed by atoms with Crippen molar-refractivity contribution in [1.29, 1.82) is 0 Å². The fourth-order valence-electron chi connectivity index (χ4n) is 2.55. The molecule has 0 aliphatic carbocycles. The minimum atomic E-state index is 0.0875. The van der Waals surface area contributed by atoms with Gasteiger partial charge in [-0.1, -0.05) is 58.6 Å². The highest BCUT2D eigenvalue weighted by molar-refractivity contribution is 7.99. The third-order valence-electron chi connectivity index (χ3n) is 3.62. The van der Waals surface area contributed by atoms with E-state index in [-0.39, 0.29) is 5.91 Å². The molecule has 0 fully saturated rings. The molecule has 0 saturated heterocycles. The molecule has 0 radical (unpaired) electrons. The van der Waals surface area contributed by atoms with E-state index in [0.717, 1.165) is 22.8 Å². The van der Waals surface area contributed by atoms with Gasteiger partial charge in [0.15, 0.2) is 0 Å². The maximum atomic E-state index is 11.9. The van der Waals surface area contributed by atoms with Gasteiger partial charge in [-0.25, -0.2) is 0 Å². The number of thioether (sulfide) groups is 2. The number of rotatable bonds is 9. The van der Waals surface area contributed by atoms with Crippen LogP contribution in [0.5, 0.6) is 0 Å². The lowest BCUT2D eigenvalue weighted by Gasteiger charge is -2.07. The molecule has 0 atom stereocenters. The van der Waals surface area contributed by atoms with Crippen LogP contribution in [0.25, 0.3) is 0 Å². The van der Waals surface area contributed by atoms with Gasteiger partial charge < -0.3 is 5.32 Å². The summed E-state index contributed by atoms with van der Waals surface area (Å²) in [4.78, 5) is 11.9. The second-order valence-electron chi connectivity index (χ2n) is 6.13. The normalized spacial score (nSPS) is 10.8. The van der Waals surface area contributed by atoms with Crippen molar-refractivity contribution in [2.24, 2.45) is 0 Å². The molecule has 26 heavy (non-hydrogen) atoms. The number of aryl methyl sites for hydroxylation is 2. The smallest absolute Gasteiger partial charge is 0.230 e. The largest absolute Gasteiger partial charge is 0.355 e. The number of hydrogen-bond donors (Lipinski definition) is 1. The van der Waals surface area contributed by atoms with Crippen molar-refractivity contribution in [2.75, 3.05) is 18.1 Å². The lowest BCUT2D eigenvalue weighted by molar-refractivity contribution is -0.118.